The largest absolute Gasteiger partial charge is 0.342 e. The summed E-state index contributed by atoms with van der Waals surface area (Å²) in [5, 5.41) is 2.13. The molecule has 31 heavy (non-hydrogen) atoms. The van der Waals surface area contributed by atoms with Crippen LogP contribution in [0.2, 0.25) is 0 Å². The minimum atomic E-state index is 0.0580. The number of hydrogen-bond donors (Lipinski definition) is 0. The molecule has 162 valence electrons. The Morgan fingerprint density at radius 1 is 1.13 bits per heavy atom. The third-order valence-electron chi connectivity index (χ3n) is 5.94. The lowest BCUT2D eigenvalue weighted by molar-refractivity contribution is 0.0802. The average molecular weight is 436 g/mol. The van der Waals surface area contributed by atoms with Gasteiger partial charge in [-0.05, 0) is 36.2 Å². The number of amides is 1. The van der Waals surface area contributed by atoms with Crippen molar-refractivity contribution in [1.29, 1.82) is 0 Å². The lowest BCUT2D eigenvalue weighted by Gasteiger charge is -2.39. The Bertz CT molecular complexity index is 953. The molecule has 0 N–H and O–H groups in total. The molecule has 1 aliphatic rings. The second kappa shape index (κ2) is 10.1. The first kappa shape index (κ1) is 21.6. The number of thiazole rings is 1. The summed E-state index contributed by atoms with van der Waals surface area (Å²) in [5.41, 5.74) is 6.15. The van der Waals surface area contributed by atoms with Crippen molar-refractivity contribution >= 4 is 17.2 Å². The Labute approximate surface area is 188 Å². The molecule has 4 rings (SSSR count). The fourth-order valence-corrected chi connectivity index (χ4v) is 4.60. The molecule has 0 spiro atoms. The Morgan fingerprint density at radius 2 is 1.90 bits per heavy atom. The monoisotopic (exact) mass is 435 g/mol. The number of rotatable bonds is 7. The number of piperazine rings is 1. The molecular weight excluding hydrogens is 406 g/mol. The molecule has 7 heteroatoms. The van der Waals surface area contributed by atoms with Gasteiger partial charge in [-0.25, -0.2) is 4.98 Å². The van der Waals surface area contributed by atoms with Crippen molar-refractivity contribution in [3.8, 4) is 0 Å². The van der Waals surface area contributed by atoms with Crippen molar-refractivity contribution in [2.45, 2.75) is 19.5 Å². The molecule has 6 nitrogen and oxygen atoms in total. The molecule has 1 fully saturated rings. The van der Waals surface area contributed by atoms with Gasteiger partial charge in [0.1, 0.15) is 0 Å². The summed E-state index contributed by atoms with van der Waals surface area (Å²) in [5.74, 6) is 0.0580. The molecular formula is C24H29N5OS. The third kappa shape index (κ3) is 5.18. The summed E-state index contributed by atoms with van der Waals surface area (Å²) in [4.78, 5) is 28.0. The molecule has 2 aromatic heterocycles. The maximum atomic E-state index is 12.5. The molecule has 0 radical (unpaired) electrons. The van der Waals surface area contributed by atoms with Gasteiger partial charge in [0.15, 0.2) is 0 Å². The van der Waals surface area contributed by atoms with E-state index in [9.17, 15) is 4.79 Å². The molecule has 3 heterocycles. The maximum absolute atomic E-state index is 12.5. The van der Waals surface area contributed by atoms with Crippen molar-refractivity contribution in [2.75, 3.05) is 39.8 Å². The number of pyridine rings is 1. The zero-order valence-electron chi connectivity index (χ0n) is 18.1. The van der Waals surface area contributed by atoms with Gasteiger partial charge in [0.2, 0.25) is 0 Å². The summed E-state index contributed by atoms with van der Waals surface area (Å²) in [7, 11) is 1.83. The molecule has 0 bridgehead atoms. The fourth-order valence-electron chi connectivity index (χ4n) is 4.05. The van der Waals surface area contributed by atoms with E-state index in [1.165, 1.54) is 11.1 Å². The van der Waals surface area contributed by atoms with Crippen LogP contribution in [0, 0.1) is 0 Å². The first-order valence-electron chi connectivity index (χ1n) is 10.7. The van der Waals surface area contributed by atoms with E-state index < -0.39 is 0 Å². The van der Waals surface area contributed by atoms with Crippen molar-refractivity contribution in [3.63, 3.8) is 0 Å². The summed E-state index contributed by atoms with van der Waals surface area (Å²) in [6.45, 7) is 7.56. The Kier molecular flexibility index (Phi) is 7.06. The molecule has 3 aromatic rings. The highest BCUT2D eigenvalue weighted by Crippen LogP contribution is 2.29. The van der Waals surface area contributed by atoms with Crippen molar-refractivity contribution in [2.24, 2.45) is 0 Å². The first-order valence-corrected chi connectivity index (χ1v) is 11.7. The number of carbonyl (C=O) groups excluding carboxylic acids is 1. The molecule has 1 atom stereocenters. The third-order valence-corrected chi connectivity index (χ3v) is 6.57. The minimum Gasteiger partial charge on any atom is -0.342 e. The predicted octanol–water partition coefficient (Wildman–Crippen LogP) is 3.54. The van der Waals surface area contributed by atoms with Crippen LogP contribution in [0.5, 0.6) is 0 Å². The van der Waals surface area contributed by atoms with Crippen LogP contribution in [0.1, 0.15) is 40.1 Å². The van der Waals surface area contributed by atoms with E-state index >= 15 is 0 Å². The first-order chi connectivity index (χ1) is 15.2. The van der Waals surface area contributed by atoms with Gasteiger partial charge in [-0.3, -0.25) is 19.6 Å². The quantitative estimate of drug-likeness (QED) is 0.568. The van der Waals surface area contributed by atoms with Crippen molar-refractivity contribution in [3.05, 3.63) is 82.1 Å². The summed E-state index contributed by atoms with van der Waals surface area (Å²) in [6.07, 6.45) is 3.77. The zero-order valence-corrected chi connectivity index (χ0v) is 19.0. The molecule has 1 aliphatic heterocycles. The van der Waals surface area contributed by atoms with Gasteiger partial charge >= 0.3 is 0 Å². The molecule has 0 unspecified atom stereocenters. The van der Waals surface area contributed by atoms with Gasteiger partial charge < -0.3 is 4.90 Å². The second-order valence-electron chi connectivity index (χ2n) is 7.92. The smallest absolute Gasteiger partial charge is 0.253 e. The van der Waals surface area contributed by atoms with Crippen LogP contribution in [-0.2, 0) is 6.54 Å². The van der Waals surface area contributed by atoms with Crippen molar-refractivity contribution in [1.82, 2.24) is 24.7 Å². The molecule has 1 saturated heterocycles. The van der Waals surface area contributed by atoms with Gasteiger partial charge in [-0.1, -0.05) is 18.2 Å². The normalized spacial score (nSPS) is 16.2. The Hall–Kier alpha value is -2.61. The van der Waals surface area contributed by atoms with Gasteiger partial charge in [-0.2, -0.15) is 0 Å². The molecule has 0 aliphatic carbocycles. The lowest BCUT2D eigenvalue weighted by Crippen LogP contribution is -2.47. The zero-order chi connectivity index (χ0) is 21.6. The van der Waals surface area contributed by atoms with Crippen LogP contribution in [0.4, 0.5) is 0 Å². The van der Waals surface area contributed by atoms with Crippen LogP contribution < -0.4 is 0 Å². The van der Waals surface area contributed by atoms with E-state index in [1.54, 1.807) is 16.2 Å². The van der Waals surface area contributed by atoms with Crippen LogP contribution in [-0.4, -0.2) is 70.3 Å². The van der Waals surface area contributed by atoms with Crippen LogP contribution >= 0.6 is 11.3 Å². The minimum absolute atomic E-state index is 0.0580. The van der Waals surface area contributed by atoms with E-state index in [0.29, 0.717) is 6.54 Å². The SMILES string of the molecule is CCN(C)C(=O)c1ccc([C@H](c2cccnc2)N2CCN(Cc3cscn3)CC2)cc1. The summed E-state index contributed by atoms with van der Waals surface area (Å²) >= 11 is 1.65. The number of hydrogen-bond acceptors (Lipinski definition) is 6. The summed E-state index contributed by atoms with van der Waals surface area (Å²) < 4.78 is 0. The van der Waals surface area contributed by atoms with E-state index in [2.05, 4.69) is 43.3 Å². The lowest BCUT2D eigenvalue weighted by atomic mass is 9.96. The van der Waals surface area contributed by atoms with E-state index in [-0.39, 0.29) is 11.9 Å². The van der Waals surface area contributed by atoms with E-state index in [4.69, 9.17) is 0 Å². The van der Waals surface area contributed by atoms with Gasteiger partial charge in [0, 0.05) is 69.7 Å². The van der Waals surface area contributed by atoms with E-state index in [1.807, 2.05) is 50.1 Å². The number of nitrogens with zero attached hydrogens (tertiary/aromatic N) is 5. The van der Waals surface area contributed by atoms with Crippen LogP contribution in [0.3, 0.4) is 0 Å². The topological polar surface area (TPSA) is 52.6 Å². The maximum Gasteiger partial charge on any atom is 0.253 e. The summed E-state index contributed by atoms with van der Waals surface area (Å²) in [6, 6.07) is 12.4. The standard InChI is InChI=1S/C24H29N5OS/c1-3-27(2)24(30)20-8-6-19(7-9-20)23(21-5-4-10-25-15-21)29-13-11-28(12-14-29)16-22-17-31-18-26-22/h4-10,15,17-18,23H,3,11-14,16H2,1-2H3/t23-/m1/s1. The fraction of sp³-hybridized carbons (Fsp3) is 0.375. The van der Waals surface area contributed by atoms with Gasteiger partial charge in [0.25, 0.3) is 5.91 Å². The average Bonchev–Trinajstić information content (AvgIpc) is 3.33. The highest BCUT2D eigenvalue weighted by atomic mass is 32.1. The van der Waals surface area contributed by atoms with Gasteiger partial charge in [-0.15, -0.1) is 11.3 Å². The van der Waals surface area contributed by atoms with Crippen LogP contribution in [0.25, 0.3) is 0 Å². The second-order valence-corrected chi connectivity index (χ2v) is 8.64. The molecule has 1 amide bonds. The number of aromatic nitrogens is 2. The Balaban J connectivity index is 1.51. The van der Waals surface area contributed by atoms with Crippen molar-refractivity contribution < 1.29 is 4.79 Å². The number of carbonyl (C=O) groups is 1. The Morgan fingerprint density at radius 3 is 2.52 bits per heavy atom. The predicted molar refractivity (Wildman–Crippen MR) is 124 cm³/mol. The highest BCUT2D eigenvalue weighted by Gasteiger charge is 2.27. The highest BCUT2D eigenvalue weighted by molar-refractivity contribution is 7.07. The number of benzene rings is 1. The molecule has 0 saturated carbocycles. The van der Waals surface area contributed by atoms with Crippen LogP contribution in [0.15, 0.2) is 59.7 Å². The van der Waals surface area contributed by atoms with E-state index in [0.717, 1.165) is 44.0 Å². The van der Waals surface area contributed by atoms with Gasteiger partial charge in [0.05, 0.1) is 17.2 Å². The molecule has 1 aromatic carbocycles.